The summed E-state index contributed by atoms with van der Waals surface area (Å²) in [5, 5.41) is 7.99. The van der Waals surface area contributed by atoms with Crippen LogP contribution in [0.3, 0.4) is 0 Å². The number of nitrogens with zero attached hydrogens (tertiary/aromatic N) is 4. The number of carbonyl (C=O) groups excluding carboxylic acids is 1. The summed E-state index contributed by atoms with van der Waals surface area (Å²) in [4.78, 5) is 15.0. The van der Waals surface area contributed by atoms with Crippen molar-refractivity contribution in [3.05, 3.63) is 54.1 Å². The smallest absolute Gasteiger partial charge is 0.283 e. The van der Waals surface area contributed by atoms with Gasteiger partial charge < -0.3 is 18.5 Å². The third kappa shape index (κ3) is 5.21. The number of morpholine rings is 1. The van der Waals surface area contributed by atoms with Gasteiger partial charge in [0, 0.05) is 25.2 Å². The van der Waals surface area contributed by atoms with Crippen molar-refractivity contribution in [2.45, 2.75) is 50.8 Å². The second-order valence-electron chi connectivity index (χ2n) is 8.31. The van der Waals surface area contributed by atoms with Gasteiger partial charge in [-0.15, -0.1) is 10.2 Å². The lowest BCUT2D eigenvalue weighted by Gasteiger charge is -2.34. The van der Waals surface area contributed by atoms with Crippen LogP contribution in [0.2, 0.25) is 0 Å². The van der Waals surface area contributed by atoms with Gasteiger partial charge in [-0.05, 0) is 50.6 Å². The number of sulfonamides is 1. The van der Waals surface area contributed by atoms with E-state index in [9.17, 15) is 13.2 Å². The molecule has 182 valence electrons. The molecule has 3 aromatic rings. The van der Waals surface area contributed by atoms with Gasteiger partial charge in [-0.2, -0.15) is 4.31 Å². The predicted octanol–water partition coefficient (Wildman–Crippen LogP) is 3.18. The molecular formula is C23H28N4O6S. The van der Waals surface area contributed by atoms with Crippen molar-refractivity contribution >= 4 is 15.9 Å². The summed E-state index contributed by atoms with van der Waals surface area (Å²) >= 11 is 0. The van der Waals surface area contributed by atoms with Gasteiger partial charge in [0.2, 0.25) is 15.9 Å². The van der Waals surface area contributed by atoms with E-state index in [2.05, 4.69) is 10.2 Å². The molecule has 34 heavy (non-hydrogen) atoms. The van der Waals surface area contributed by atoms with Crippen molar-refractivity contribution in [2.75, 3.05) is 19.6 Å². The highest BCUT2D eigenvalue weighted by Gasteiger charge is 2.32. The average Bonchev–Trinajstić information content (AvgIpc) is 3.50. The number of benzene rings is 1. The quantitative estimate of drug-likeness (QED) is 0.474. The fourth-order valence-electron chi connectivity index (χ4n) is 3.95. The Balaban J connectivity index is 1.54. The summed E-state index contributed by atoms with van der Waals surface area (Å²) < 4.78 is 44.5. The van der Waals surface area contributed by atoms with E-state index in [-0.39, 0.29) is 60.0 Å². The van der Waals surface area contributed by atoms with Gasteiger partial charge in [-0.1, -0.05) is 13.0 Å². The van der Waals surface area contributed by atoms with Crippen LogP contribution in [0.1, 0.15) is 43.4 Å². The molecule has 1 aromatic carbocycles. The zero-order valence-corrected chi connectivity index (χ0v) is 20.2. The summed E-state index contributed by atoms with van der Waals surface area (Å²) in [7, 11) is -3.77. The molecule has 2 aromatic heterocycles. The van der Waals surface area contributed by atoms with E-state index in [0.717, 1.165) is 0 Å². The van der Waals surface area contributed by atoms with Gasteiger partial charge in [0.05, 0.1) is 29.9 Å². The first-order valence-electron chi connectivity index (χ1n) is 11.2. The van der Waals surface area contributed by atoms with E-state index >= 15 is 0 Å². The van der Waals surface area contributed by atoms with Gasteiger partial charge in [-0.3, -0.25) is 4.79 Å². The second kappa shape index (κ2) is 10.1. The third-order valence-corrected chi connectivity index (χ3v) is 7.24. The zero-order chi connectivity index (χ0) is 24.3. The Morgan fingerprint density at radius 1 is 1.15 bits per heavy atom. The van der Waals surface area contributed by atoms with E-state index in [0.29, 0.717) is 18.7 Å². The van der Waals surface area contributed by atoms with E-state index < -0.39 is 10.0 Å². The van der Waals surface area contributed by atoms with Crippen LogP contribution in [0.4, 0.5) is 0 Å². The van der Waals surface area contributed by atoms with E-state index in [1.54, 1.807) is 29.2 Å². The van der Waals surface area contributed by atoms with Crippen molar-refractivity contribution in [1.29, 1.82) is 0 Å². The molecule has 2 atom stereocenters. The molecule has 10 nitrogen and oxygen atoms in total. The number of furan rings is 1. The largest absolute Gasteiger partial charge is 0.459 e. The molecule has 0 bridgehead atoms. The Bertz CT molecular complexity index is 1210. The maximum Gasteiger partial charge on any atom is 0.283 e. The Hall–Kier alpha value is -3.02. The molecule has 11 heteroatoms. The number of hydrogen-bond donors (Lipinski definition) is 0. The first-order chi connectivity index (χ1) is 16.3. The minimum Gasteiger partial charge on any atom is -0.459 e. The first-order valence-corrected chi connectivity index (χ1v) is 12.6. The van der Waals surface area contributed by atoms with Gasteiger partial charge in [0.25, 0.3) is 11.8 Å². The molecule has 4 rings (SSSR count). The number of carbonyl (C=O) groups is 1. The van der Waals surface area contributed by atoms with Crippen LogP contribution >= 0.6 is 0 Å². The molecule has 0 N–H and O–H groups in total. The molecule has 0 radical (unpaired) electrons. The molecule has 2 unspecified atom stereocenters. The normalized spacial score (nSPS) is 19.3. The summed E-state index contributed by atoms with van der Waals surface area (Å²) in [5.74, 6) is 0.608. The van der Waals surface area contributed by atoms with Gasteiger partial charge >= 0.3 is 0 Å². The first kappa shape index (κ1) is 24.1. The molecule has 1 aliphatic heterocycles. The van der Waals surface area contributed by atoms with Crippen LogP contribution in [0.25, 0.3) is 11.7 Å². The second-order valence-corrected chi connectivity index (χ2v) is 10.3. The van der Waals surface area contributed by atoms with Crippen LogP contribution in [-0.4, -0.2) is 65.6 Å². The number of rotatable bonds is 8. The molecule has 1 fully saturated rings. The molecule has 0 spiro atoms. The summed E-state index contributed by atoms with van der Waals surface area (Å²) in [6.07, 6.45) is 1.80. The lowest BCUT2D eigenvalue weighted by Crippen LogP contribution is -2.48. The lowest BCUT2D eigenvalue weighted by molar-refractivity contribution is -0.0440. The van der Waals surface area contributed by atoms with E-state index in [4.69, 9.17) is 13.6 Å². The Morgan fingerprint density at radius 2 is 1.91 bits per heavy atom. The van der Waals surface area contributed by atoms with E-state index in [1.165, 1.54) is 22.7 Å². The number of hydrogen-bond acceptors (Lipinski definition) is 8. The highest BCUT2D eigenvalue weighted by atomic mass is 32.2. The van der Waals surface area contributed by atoms with Crippen LogP contribution in [0, 0.1) is 0 Å². The number of amides is 1. The summed E-state index contributed by atoms with van der Waals surface area (Å²) in [5.41, 5.74) is 0.273. The van der Waals surface area contributed by atoms with E-state index in [1.807, 2.05) is 20.8 Å². The monoisotopic (exact) mass is 488 g/mol. The Kier molecular flexibility index (Phi) is 7.15. The zero-order valence-electron chi connectivity index (χ0n) is 19.4. The van der Waals surface area contributed by atoms with Crippen LogP contribution in [-0.2, 0) is 21.3 Å². The fourth-order valence-corrected chi connectivity index (χ4v) is 5.59. The van der Waals surface area contributed by atoms with Gasteiger partial charge in [0.1, 0.15) is 0 Å². The SMILES string of the molecule is CCCN(Cc1nnc(-c2ccco2)o1)C(=O)c1cccc(S(=O)(=O)N2CC(C)OC(C)C2)c1. The molecule has 1 aliphatic rings. The highest BCUT2D eigenvalue weighted by Crippen LogP contribution is 2.23. The van der Waals surface area contributed by atoms with Gasteiger partial charge in [-0.25, -0.2) is 8.42 Å². The Labute approximate surface area is 198 Å². The van der Waals surface area contributed by atoms with Crippen LogP contribution < -0.4 is 0 Å². The minimum absolute atomic E-state index is 0.0778. The van der Waals surface area contributed by atoms with Crippen molar-refractivity contribution in [3.8, 4) is 11.7 Å². The standard InChI is InChI=1S/C23H28N4O6S/c1-4-10-26(15-21-24-25-22(33-21)20-9-6-11-31-20)23(28)18-7-5-8-19(12-18)34(29,30)27-13-16(2)32-17(3)14-27/h5-9,11-12,16-17H,4,10,13-15H2,1-3H3. The summed E-state index contributed by atoms with van der Waals surface area (Å²) in [6.45, 7) is 6.70. The van der Waals surface area contributed by atoms with Gasteiger partial charge in [0.15, 0.2) is 5.76 Å². The molecule has 3 heterocycles. The van der Waals surface area contributed by atoms with Crippen molar-refractivity contribution in [1.82, 2.24) is 19.4 Å². The predicted molar refractivity (Wildman–Crippen MR) is 122 cm³/mol. The Morgan fingerprint density at radius 3 is 2.59 bits per heavy atom. The van der Waals surface area contributed by atoms with Crippen molar-refractivity contribution < 1.29 is 26.8 Å². The minimum atomic E-state index is -3.77. The number of ether oxygens (including phenoxy) is 1. The van der Waals surface area contributed by atoms with Crippen molar-refractivity contribution in [3.63, 3.8) is 0 Å². The van der Waals surface area contributed by atoms with Crippen molar-refractivity contribution in [2.24, 2.45) is 0 Å². The fraction of sp³-hybridized carbons (Fsp3) is 0.435. The molecule has 1 saturated heterocycles. The molecular weight excluding hydrogens is 460 g/mol. The van der Waals surface area contributed by atoms with Crippen LogP contribution in [0.15, 0.2) is 56.4 Å². The third-order valence-electron chi connectivity index (χ3n) is 5.41. The summed E-state index contributed by atoms with van der Waals surface area (Å²) in [6, 6.07) is 9.54. The maximum atomic E-state index is 13.3. The topological polar surface area (TPSA) is 119 Å². The average molecular weight is 489 g/mol. The lowest BCUT2D eigenvalue weighted by atomic mass is 10.2. The molecule has 0 saturated carbocycles. The number of aromatic nitrogens is 2. The molecule has 0 aliphatic carbocycles. The molecule has 1 amide bonds. The maximum absolute atomic E-state index is 13.3. The van der Waals surface area contributed by atoms with Crippen LogP contribution in [0.5, 0.6) is 0 Å². The highest BCUT2D eigenvalue weighted by molar-refractivity contribution is 7.89.